The standard InChI is InChI=1S/C10H10BrClO/c1-2-7-5-8(10(13)6-12)3-4-9(7)11/h3-5H,2,6H2,1H3. The van der Waals surface area contributed by atoms with Gasteiger partial charge in [-0.25, -0.2) is 0 Å². The zero-order valence-electron chi connectivity index (χ0n) is 7.31. The molecule has 0 N–H and O–H groups in total. The number of alkyl halides is 1. The number of rotatable bonds is 3. The summed E-state index contributed by atoms with van der Waals surface area (Å²) in [6, 6.07) is 5.56. The molecule has 0 heterocycles. The highest BCUT2D eigenvalue weighted by atomic mass is 79.9. The number of Topliss-reactive ketones (excluding diaryl/α,β-unsaturated/α-hetero) is 1. The minimum Gasteiger partial charge on any atom is -0.293 e. The Morgan fingerprint density at radius 3 is 2.77 bits per heavy atom. The smallest absolute Gasteiger partial charge is 0.177 e. The molecule has 0 atom stereocenters. The molecule has 0 aromatic heterocycles. The molecule has 0 aliphatic rings. The van der Waals surface area contributed by atoms with Crippen LogP contribution in [-0.4, -0.2) is 11.7 Å². The lowest BCUT2D eigenvalue weighted by Gasteiger charge is -2.03. The van der Waals surface area contributed by atoms with Crippen LogP contribution < -0.4 is 0 Å². The summed E-state index contributed by atoms with van der Waals surface area (Å²) in [6.07, 6.45) is 0.907. The van der Waals surface area contributed by atoms with E-state index in [9.17, 15) is 4.79 Å². The van der Waals surface area contributed by atoms with Gasteiger partial charge in [-0.2, -0.15) is 0 Å². The highest BCUT2D eigenvalue weighted by molar-refractivity contribution is 9.10. The van der Waals surface area contributed by atoms with Gasteiger partial charge in [0.2, 0.25) is 0 Å². The van der Waals surface area contributed by atoms with E-state index in [1.54, 1.807) is 6.07 Å². The molecule has 13 heavy (non-hydrogen) atoms. The van der Waals surface area contributed by atoms with Crippen molar-refractivity contribution in [2.45, 2.75) is 13.3 Å². The molecule has 0 spiro atoms. The first-order valence-electron chi connectivity index (χ1n) is 4.06. The van der Waals surface area contributed by atoms with E-state index in [-0.39, 0.29) is 11.7 Å². The summed E-state index contributed by atoms with van der Waals surface area (Å²) >= 11 is 8.88. The Kier molecular flexibility index (Phi) is 3.94. The predicted molar refractivity (Wildman–Crippen MR) is 58.6 cm³/mol. The third-order valence-electron chi connectivity index (χ3n) is 1.87. The first kappa shape index (κ1) is 10.7. The second-order valence-corrected chi connectivity index (χ2v) is 3.84. The van der Waals surface area contributed by atoms with E-state index < -0.39 is 0 Å². The van der Waals surface area contributed by atoms with Crippen molar-refractivity contribution in [3.63, 3.8) is 0 Å². The molecule has 0 bridgehead atoms. The third-order valence-corrected chi connectivity index (χ3v) is 2.89. The molecule has 1 nitrogen and oxygen atoms in total. The van der Waals surface area contributed by atoms with Crippen LogP contribution in [0.4, 0.5) is 0 Å². The van der Waals surface area contributed by atoms with Gasteiger partial charge in [-0.3, -0.25) is 4.79 Å². The van der Waals surface area contributed by atoms with Crippen molar-refractivity contribution in [1.82, 2.24) is 0 Å². The number of carbonyl (C=O) groups is 1. The average Bonchev–Trinajstić information content (AvgIpc) is 2.17. The minimum atomic E-state index is -0.0242. The van der Waals surface area contributed by atoms with Crippen molar-refractivity contribution < 1.29 is 4.79 Å². The van der Waals surface area contributed by atoms with Crippen molar-refractivity contribution in [3.05, 3.63) is 33.8 Å². The Hall–Kier alpha value is -0.340. The van der Waals surface area contributed by atoms with E-state index in [0.29, 0.717) is 5.56 Å². The predicted octanol–water partition coefficient (Wildman–Crippen LogP) is 3.43. The van der Waals surface area contributed by atoms with Gasteiger partial charge in [-0.05, 0) is 24.1 Å². The SMILES string of the molecule is CCc1cc(C(=O)CCl)ccc1Br. The van der Waals surface area contributed by atoms with Crippen molar-refractivity contribution >= 4 is 33.3 Å². The summed E-state index contributed by atoms with van der Waals surface area (Å²) in [5.41, 5.74) is 1.83. The largest absolute Gasteiger partial charge is 0.293 e. The van der Waals surface area contributed by atoms with Crippen LogP contribution >= 0.6 is 27.5 Å². The lowest BCUT2D eigenvalue weighted by Crippen LogP contribution is -2.01. The second-order valence-electron chi connectivity index (χ2n) is 2.72. The Balaban J connectivity index is 3.06. The van der Waals surface area contributed by atoms with Crippen molar-refractivity contribution in [3.8, 4) is 0 Å². The second kappa shape index (κ2) is 4.77. The number of carbonyl (C=O) groups excluding carboxylic acids is 1. The number of hydrogen-bond donors (Lipinski definition) is 0. The molecule has 1 aromatic rings. The van der Waals surface area contributed by atoms with Gasteiger partial charge in [0, 0.05) is 10.0 Å². The van der Waals surface area contributed by atoms with Crippen molar-refractivity contribution in [2.75, 3.05) is 5.88 Å². The Morgan fingerprint density at radius 1 is 1.54 bits per heavy atom. The normalized spacial score (nSPS) is 10.1. The van der Waals surface area contributed by atoms with Crippen LogP contribution in [0.2, 0.25) is 0 Å². The fraction of sp³-hybridized carbons (Fsp3) is 0.300. The van der Waals surface area contributed by atoms with E-state index in [4.69, 9.17) is 11.6 Å². The summed E-state index contributed by atoms with van der Waals surface area (Å²) in [4.78, 5) is 11.2. The van der Waals surface area contributed by atoms with E-state index in [2.05, 4.69) is 22.9 Å². The average molecular weight is 262 g/mol. The van der Waals surface area contributed by atoms with Gasteiger partial charge in [0.05, 0.1) is 5.88 Å². The molecule has 1 aromatic carbocycles. The zero-order valence-corrected chi connectivity index (χ0v) is 9.65. The Morgan fingerprint density at radius 2 is 2.23 bits per heavy atom. The molecule has 1 rings (SSSR count). The van der Waals surface area contributed by atoms with Crippen LogP contribution in [0.5, 0.6) is 0 Å². The van der Waals surface area contributed by atoms with Gasteiger partial charge in [0.25, 0.3) is 0 Å². The summed E-state index contributed by atoms with van der Waals surface area (Å²) < 4.78 is 1.04. The van der Waals surface area contributed by atoms with Gasteiger partial charge in [-0.15, -0.1) is 11.6 Å². The Bertz CT molecular complexity index is 323. The van der Waals surface area contributed by atoms with Crippen LogP contribution in [0.25, 0.3) is 0 Å². The monoisotopic (exact) mass is 260 g/mol. The number of ketones is 1. The molecule has 0 saturated carbocycles. The molecule has 0 aliphatic heterocycles. The van der Waals surface area contributed by atoms with Gasteiger partial charge in [0.1, 0.15) is 0 Å². The van der Waals surface area contributed by atoms with Gasteiger partial charge >= 0.3 is 0 Å². The maximum absolute atomic E-state index is 11.2. The number of halogens is 2. The van der Waals surface area contributed by atoms with Crippen LogP contribution in [0.1, 0.15) is 22.8 Å². The van der Waals surface area contributed by atoms with Crippen LogP contribution in [0, 0.1) is 0 Å². The van der Waals surface area contributed by atoms with E-state index in [1.165, 1.54) is 0 Å². The molecule has 0 unspecified atom stereocenters. The van der Waals surface area contributed by atoms with Crippen LogP contribution in [-0.2, 0) is 6.42 Å². The van der Waals surface area contributed by atoms with Crippen LogP contribution in [0.3, 0.4) is 0 Å². The van der Waals surface area contributed by atoms with Crippen molar-refractivity contribution in [1.29, 1.82) is 0 Å². The molecular formula is C10H10BrClO. The maximum atomic E-state index is 11.2. The van der Waals surface area contributed by atoms with Gasteiger partial charge in [0.15, 0.2) is 5.78 Å². The van der Waals surface area contributed by atoms with E-state index in [0.717, 1.165) is 16.5 Å². The molecule has 0 aliphatic carbocycles. The topological polar surface area (TPSA) is 17.1 Å². The molecular weight excluding hydrogens is 251 g/mol. The molecule has 0 saturated heterocycles. The fourth-order valence-corrected chi connectivity index (χ4v) is 1.78. The highest BCUT2D eigenvalue weighted by Crippen LogP contribution is 2.19. The minimum absolute atomic E-state index is 0.0242. The molecule has 0 fully saturated rings. The number of benzene rings is 1. The van der Waals surface area contributed by atoms with E-state index in [1.807, 2.05) is 12.1 Å². The molecule has 0 amide bonds. The van der Waals surface area contributed by atoms with Crippen LogP contribution in [0.15, 0.2) is 22.7 Å². The summed E-state index contributed by atoms with van der Waals surface area (Å²) in [5.74, 6) is 0.0222. The first-order chi connectivity index (χ1) is 6.19. The zero-order chi connectivity index (χ0) is 9.84. The number of aryl methyl sites for hydroxylation is 1. The van der Waals surface area contributed by atoms with E-state index >= 15 is 0 Å². The highest BCUT2D eigenvalue weighted by Gasteiger charge is 2.06. The fourth-order valence-electron chi connectivity index (χ4n) is 1.10. The Labute approximate surface area is 91.2 Å². The maximum Gasteiger partial charge on any atom is 0.177 e. The van der Waals surface area contributed by atoms with Gasteiger partial charge < -0.3 is 0 Å². The first-order valence-corrected chi connectivity index (χ1v) is 5.39. The lowest BCUT2D eigenvalue weighted by atomic mass is 10.1. The summed E-state index contributed by atoms with van der Waals surface area (Å²) in [6.45, 7) is 2.05. The third kappa shape index (κ3) is 2.55. The van der Waals surface area contributed by atoms with Crippen molar-refractivity contribution in [2.24, 2.45) is 0 Å². The number of hydrogen-bond acceptors (Lipinski definition) is 1. The van der Waals surface area contributed by atoms with Gasteiger partial charge in [-0.1, -0.05) is 28.9 Å². The quantitative estimate of drug-likeness (QED) is 0.602. The lowest BCUT2D eigenvalue weighted by molar-refractivity contribution is 0.102. The summed E-state index contributed by atoms with van der Waals surface area (Å²) in [5, 5.41) is 0. The molecule has 3 heteroatoms. The molecule has 0 radical (unpaired) electrons. The summed E-state index contributed by atoms with van der Waals surface area (Å²) in [7, 11) is 0. The molecule has 70 valence electrons.